The quantitative estimate of drug-likeness (QED) is 0.859. The fourth-order valence-corrected chi connectivity index (χ4v) is 1.94. The van der Waals surface area contributed by atoms with Crippen molar-refractivity contribution < 1.29 is 4.52 Å². The van der Waals surface area contributed by atoms with Crippen LogP contribution in [0.25, 0.3) is 0 Å². The van der Waals surface area contributed by atoms with Crippen molar-refractivity contribution in [2.24, 2.45) is 0 Å². The highest BCUT2D eigenvalue weighted by Crippen LogP contribution is 2.24. The summed E-state index contributed by atoms with van der Waals surface area (Å²) in [5.74, 6) is 2.51. The Kier molecular flexibility index (Phi) is 3.56. The van der Waals surface area contributed by atoms with Crippen LogP contribution in [0.15, 0.2) is 27.7 Å². The van der Waals surface area contributed by atoms with Gasteiger partial charge in [0.1, 0.15) is 5.82 Å². The van der Waals surface area contributed by atoms with Crippen molar-refractivity contribution in [1.82, 2.24) is 15.1 Å². The van der Waals surface area contributed by atoms with E-state index in [0.717, 1.165) is 10.7 Å². The summed E-state index contributed by atoms with van der Waals surface area (Å²) < 4.78 is 5.21. The Hall–Kier alpha value is -1.56. The number of rotatable bonds is 3. The van der Waals surface area contributed by atoms with Crippen LogP contribution in [0.3, 0.4) is 0 Å². The summed E-state index contributed by atoms with van der Waals surface area (Å²) in [7, 11) is 0. The van der Waals surface area contributed by atoms with Crippen LogP contribution in [0, 0.1) is 0 Å². The summed E-state index contributed by atoms with van der Waals surface area (Å²) in [5.41, 5.74) is 5.44. The molecule has 0 amide bonds. The third kappa shape index (κ3) is 3.22. The van der Waals surface area contributed by atoms with Crippen LogP contribution < -0.4 is 5.73 Å². The molecule has 2 aromatic heterocycles. The van der Waals surface area contributed by atoms with Gasteiger partial charge in [0.05, 0.1) is 5.75 Å². The maximum absolute atomic E-state index is 5.52. The lowest BCUT2D eigenvalue weighted by Crippen LogP contribution is -2.13. The SMILES string of the molecule is CC(C)(C)c1noc(CSc2ccc(N)nc2)n1. The van der Waals surface area contributed by atoms with Crippen molar-refractivity contribution in [3.8, 4) is 0 Å². The zero-order valence-electron chi connectivity index (χ0n) is 10.7. The first kappa shape index (κ1) is 12.9. The lowest BCUT2D eigenvalue weighted by molar-refractivity contribution is 0.373. The Bertz CT molecular complexity index is 516. The minimum Gasteiger partial charge on any atom is -0.384 e. The van der Waals surface area contributed by atoms with E-state index in [2.05, 4.69) is 35.9 Å². The second kappa shape index (κ2) is 4.97. The molecule has 6 heteroatoms. The Balaban J connectivity index is 1.98. The molecule has 0 radical (unpaired) electrons. The predicted molar refractivity (Wildman–Crippen MR) is 71.2 cm³/mol. The van der Waals surface area contributed by atoms with Crippen molar-refractivity contribution in [2.75, 3.05) is 5.73 Å². The highest BCUT2D eigenvalue weighted by molar-refractivity contribution is 7.98. The van der Waals surface area contributed by atoms with Crippen LogP contribution in [0.1, 0.15) is 32.5 Å². The van der Waals surface area contributed by atoms with Gasteiger partial charge in [-0.25, -0.2) is 4.98 Å². The number of pyridine rings is 1. The fourth-order valence-electron chi connectivity index (χ4n) is 1.24. The van der Waals surface area contributed by atoms with E-state index in [0.29, 0.717) is 17.5 Å². The highest BCUT2D eigenvalue weighted by atomic mass is 32.2. The molecule has 2 N–H and O–H groups in total. The molecule has 0 aromatic carbocycles. The van der Waals surface area contributed by atoms with Crippen molar-refractivity contribution >= 4 is 17.6 Å². The van der Waals surface area contributed by atoms with Crippen LogP contribution >= 0.6 is 11.8 Å². The average Bonchev–Trinajstić information content (AvgIpc) is 2.77. The molecule has 5 nitrogen and oxygen atoms in total. The second-order valence-electron chi connectivity index (χ2n) is 4.97. The van der Waals surface area contributed by atoms with Crippen molar-refractivity contribution in [1.29, 1.82) is 0 Å². The maximum Gasteiger partial charge on any atom is 0.237 e. The molecule has 0 aliphatic carbocycles. The van der Waals surface area contributed by atoms with Gasteiger partial charge in [-0.1, -0.05) is 25.9 Å². The number of anilines is 1. The van der Waals surface area contributed by atoms with E-state index in [1.54, 1.807) is 24.0 Å². The van der Waals surface area contributed by atoms with Gasteiger partial charge in [-0.05, 0) is 12.1 Å². The number of aromatic nitrogens is 3. The summed E-state index contributed by atoms with van der Waals surface area (Å²) >= 11 is 1.59. The summed E-state index contributed by atoms with van der Waals surface area (Å²) in [6, 6.07) is 3.70. The largest absolute Gasteiger partial charge is 0.384 e. The fraction of sp³-hybridized carbons (Fsp3) is 0.417. The molecule has 2 aromatic rings. The van der Waals surface area contributed by atoms with E-state index in [1.807, 2.05) is 6.07 Å². The van der Waals surface area contributed by atoms with Gasteiger partial charge in [-0.3, -0.25) is 0 Å². The molecule has 0 aliphatic rings. The van der Waals surface area contributed by atoms with E-state index >= 15 is 0 Å². The third-order valence-corrected chi connectivity index (χ3v) is 3.23. The van der Waals surface area contributed by atoms with E-state index in [-0.39, 0.29) is 5.41 Å². The number of thioether (sulfide) groups is 1. The van der Waals surface area contributed by atoms with Crippen LogP contribution in [0.4, 0.5) is 5.82 Å². The molecule has 96 valence electrons. The van der Waals surface area contributed by atoms with E-state index < -0.39 is 0 Å². The molecule has 0 saturated heterocycles. The number of nitrogens with two attached hydrogens (primary N) is 1. The number of nitrogens with zero attached hydrogens (tertiary/aromatic N) is 3. The van der Waals surface area contributed by atoms with Crippen molar-refractivity contribution in [2.45, 2.75) is 36.8 Å². The molecule has 0 atom stereocenters. The molecule has 2 heterocycles. The summed E-state index contributed by atoms with van der Waals surface area (Å²) in [6.07, 6.45) is 1.74. The predicted octanol–water partition coefficient (Wildman–Crippen LogP) is 2.64. The first-order chi connectivity index (χ1) is 8.45. The van der Waals surface area contributed by atoms with Gasteiger partial charge in [0.2, 0.25) is 5.89 Å². The van der Waals surface area contributed by atoms with E-state index in [4.69, 9.17) is 10.3 Å². The van der Waals surface area contributed by atoms with Crippen LogP contribution in [0.2, 0.25) is 0 Å². The normalized spacial score (nSPS) is 11.7. The van der Waals surface area contributed by atoms with E-state index in [1.165, 1.54) is 0 Å². The first-order valence-corrected chi connectivity index (χ1v) is 6.61. The van der Waals surface area contributed by atoms with Crippen LogP contribution in [-0.4, -0.2) is 15.1 Å². The monoisotopic (exact) mass is 264 g/mol. The van der Waals surface area contributed by atoms with Crippen molar-refractivity contribution in [3.63, 3.8) is 0 Å². The second-order valence-corrected chi connectivity index (χ2v) is 6.02. The van der Waals surface area contributed by atoms with Gasteiger partial charge in [-0.15, -0.1) is 11.8 Å². The molecule has 0 unspecified atom stereocenters. The molecule has 0 aliphatic heterocycles. The Morgan fingerprint density at radius 2 is 2.11 bits per heavy atom. The molecule has 0 fully saturated rings. The Labute approximate surface area is 110 Å². The zero-order chi connectivity index (χ0) is 13.2. The van der Waals surface area contributed by atoms with E-state index in [9.17, 15) is 0 Å². The van der Waals surface area contributed by atoms with Gasteiger partial charge < -0.3 is 10.3 Å². The minimum absolute atomic E-state index is 0.0881. The van der Waals surface area contributed by atoms with Gasteiger partial charge >= 0.3 is 0 Å². The van der Waals surface area contributed by atoms with Gasteiger partial charge in [0, 0.05) is 16.5 Å². The standard InChI is InChI=1S/C12H16N4OS/c1-12(2,3)11-15-10(17-16-11)7-18-8-4-5-9(13)14-6-8/h4-6H,7H2,1-3H3,(H2,13,14). The minimum atomic E-state index is -0.0881. The summed E-state index contributed by atoms with van der Waals surface area (Å²) in [4.78, 5) is 9.42. The molecule has 18 heavy (non-hydrogen) atoms. The number of hydrogen-bond donors (Lipinski definition) is 1. The van der Waals surface area contributed by atoms with Crippen LogP contribution in [-0.2, 0) is 11.2 Å². The van der Waals surface area contributed by atoms with Gasteiger partial charge in [-0.2, -0.15) is 4.98 Å². The lowest BCUT2D eigenvalue weighted by atomic mass is 9.96. The molecule has 0 bridgehead atoms. The molecular weight excluding hydrogens is 248 g/mol. The molecule has 0 saturated carbocycles. The van der Waals surface area contributed by atoms with Crippen molar-refractivity contribution in [3.05, 3.63) is 30.0 Å². The smallest absolute Gasteiger partial charge is 0.237 e. The zero-order valence-corrected chi connectivity index (χ0v) is 11.5. The Morgan fingerprint density at radius 1 is 1.33 bits per heavy atom. The number of hydrogen-bond acceptors (Lipinski definition) is 6. The molecule has 2 rings (SSSR count). The topological polar surface area (TPSA) is 77.8 Å². The van der Waals surface area contributed by atoms with Gasteiger partial charge in [0.15, 0.2) is 5.82 Å². The van der Waals surface area contributed by atoms with Gasteiger partial charge in [0.25, 0.3) is 0 Å². The molecular formula is C12H16N4OS. The Morgan fingerprint density at radius 3 is 2.67 bits per heavy atom. The third-order valence-electron chi connectivity index (χ3n) is 2.26. The number of nitrogen functional groups attached to an aromatic ring is 1. The maximum atomic E-state index is 5.52. The lowest BCUT2D eigenvalue weighted by Gasteiger charge is -2.10. The summed E-state index contributed by atoms with van der Waals surface area (Å²) in [5, 5.41) is 3.98. The summed E-state index contributed by atoms with van der Waals surface area (Å²) in [6.45, 7) is 6.16. The highest BCUT2D eigenvalue weighted by Gasteiger charge is 2.20. The molecule has 0 spiro atoms. The van der Waals surface area contributed by atoms with Crippen LogP contribution in [0.5, 0.6) is 0 Å². The first-order valence-electron chi connectivity index (χ1n) is 5.62. The average molecular weight is 264 g/mol.